The van der Waals surface area contributed by atoms with Crippen LogP contribution >= 0.6 is 0 Å². The largest absolute Gasteiger partial charge is 0.444 e. The van der Waals surface area contributed by atoms with Gasteiger partial charge >= 0.3 is 12.1 Å². The van der Waals surface area contributed by atoms with Crippen molar-refractivity contribution in [3.8, 4) is 0 Å². The van der Waals surface area contributed by atoms with Crippen LogP contribution < -0.4 is 5.73 Å². The number of piperidine rings is 1. The minimum Gasteiger partial charge on any atom is -0.444 e. The topological polar surface area (TPSA) is 107 Å². The Kier molecular flexibility index (Phi) is 6.58. The molecule has 2 fully saturated rings. The second-order valence-electron chi connectivity index (χ2n) is 10.8. The van der Waals surface area contributed by atoms with Gasteiger partial charge in [0, 0.05) is 42.5 Å². The Bertz CT molecular complexity index is 1360. The third-order valence-electron chi connectivity index (χ3n) is 7.17. The molecule has 3 heterocycles. The van der Waals surface area contributed by atoms with Gasteiger partial charge in [-0.15, -0.1) is 0 Å². The van der Waals surface area contributed by atoms with Crippen molar-refractivity contribution in [2.24, 2.45) is 5.73 Å². The molecule has 9 heteroatoms. The van der Waals surface area contributed by atoms with Gasteiger partial charge in [-0.1, -0.05) is 12.1 Å². The molecule has 2 saturated heterocycles. The number of carbonyl (C=O) groups is 3. The van der Waals surface area contributed by atoms with Crippen LogP contribution in [0, 0.1) is 0 Å². The van der Waals surface area contributed by atoms with Crippen LogP contribution in [-0.2, 0) is 9.47 Å². The Morgan fingerprint density at radius 3 is 2.24 bits per heavy atom. The van der Waals surface area contributed by atoms with Crippen LogP contribution in [0.25, 0.3) is 21.8 Å². The summed E-state index contributed by atoms with van der Waals surface area (Å²) in [5.74, 6) is 0.209. The maximum absolute atomic E-state index is 13.1. The van der Waals surface area contributed by atoms with Crippen LogP contribution in [0.5, 0.6) is 0 Å². The second kappa shape index (κ2) is 9.70. The Morgan fingerprint density at radius 2 is 1.59 bits per heavy atom. The van der Waals surface area contributed by atoms with Gasteiger partial charge in [0.1, 0.15) is 5.60 Å². The van der Waals surface area contributed by atoms with Gasteiger partial charge in [0.05, 0.1) is 24.2 Å². The van der Waals surface area contributed by atoms with Crippen LogP contribution in [0.15, 0.2) is 36.4 Å². The molecule has 0 atom stereocenters. The molecule has 0 unspecified atom stereocenters. The first kappa shape index (κ1) is 25.1. The number of aromatic nitrogens is 1. The maximum Gasteiger partial charge on any atom is 0.410 e. The molecule has 1 aromatic heterocycles. The Hall–Kier alpha value is -3.59. The summed E-state index contributed by atoms with van der Waals surface area (Å²) in [7, 11) is 0. The zero-order valence-corrected chi connectivity index (χ0v) is 21.7. The van der Waals surface area contributed by atoms with E-state index >= 15 is 0 Å². The lowest BCUT2D eigenvalue weighted by Crippen LogP contribution is -2.41. The van der Waals surface area contributed by atoms with Crippen molar-refractivity contribution in [2.75, 3.05) is 39.4 Å². The van der Waals surface area contributed by atoms with Crippen LogP contribution in [-0.4, -0.2) is 77.4 Å². The Morgan fingerprint density at radius 1 is 0.892 bits per heavy atom. The summed E-state index contributed by atoms with van der Waals surface area (Å²) in [4.78, 5) is 41.5. The fraction of sp³-hybridized carbons (Fsp3) is 0.464. The van der Waals surface area contributed by atoms with Crippen molar-refractivity contribution in [1.29, 1.82) is 0 Å². The highest BCUT2D eigenvalue weighted by Gasteiger charge is 2.28. The maximum atomic E-state index is 13.1. The number of hydrogen-bond acceptors (Lipinski definition) is 5. The molecule has 2 aromatic carbocycles. The summed E-state index contributed by atoms with van der Waals surface area (Å²) in [5.41, 5.74) is 8.30. The first-order chi connectivity index (χ1) is 17.6. The standard InChI is InChI=1S/C28H34N4O5/c1-28(2,3)37-27(35)31-10-8-18(9-11-31)19-5-7-23-22(16-19)21-6-4-20(17-24(21)32(23)26(29)34)25(33)30-12-14-36-15-13-30/h4-7,16-18H,8-15H2,1-3H3,(H2,29,34). The lowest BCUT2D eigenvalue weighted by Gasteiger charge is -2.33. The molecule has 3 amide bonds. The normalized spacial score (nSPS) is 17.4. The number of hydrogen-bond donors (Lipinski definition) is 1. The number of morpholine rings is 1. The van der Waals surface area contributed by atoms with Gasteiger partial charge in [0.25, 0.3) is 5.91 Å². The van der Waals surface area contributed by atoms with Gasteiger partial charge in [-0.25, -0.2) is 9.59 Å². The number of benzene rings is 2. The summed E-state index contributed by atoms with van der Waals surface area (Å²) in [6.45, 7) is 9.02. The molecule has 0 aliphatic carbocycles. The minimum atomic E-state index is -0.589. The lowest BCUT2D eigenvalue weighted by molar-refractivity contribution is 0.0204. The van der Waals surface area contributed by atoms with Crippen molar-refractivity contribution in [3.05, 3.63) is 47.5 Å². The van der Waals surface area contributed by atoms with Crippen LogP contribution in [0.4, 0.5) is 9.59 Å². The number of carbonyl (C=O) groups excluding carboxylic acids is 3. The molecular formula is C28H34N4O5. The monoisotopic (exact) mass is 506 g/mol. The molecule has 2 aliphatic heterocycles. The quantitative estimate of drug-likeness (QED) is 0.557. The summed E-state index contributed by atoms with van der Waals surface area (Å²) >= 11 is 0. The number of primary amides is 1. The number of rotatable bonds is 2. The predicted octanol–water partition coefficient (Wildman–Crippen LogP) is 4.31. The number of nitrogens with zero attached hydrogens (tertiary/aromatic N) is 3. The van der Waals surface area contributed by atoms with Crippen LogP contribution in [0.1, 0.15) is 55.5 Å². The highest BCUT2D eigenvalue weighted by Crippen LogP contribution is 2.35. The van der Waals surface area contributed by atoms with Crippen molar-refractivity contribution in [1.82, 2.24) is 14.4 Å². The van der Waals surface area contributed by atoms with Crippen LogP contribution in [0.3, 0.4) is 0 Å². The SMILES string of the molecule is CC(C)(C)OC(=O)N1CCC(c2ccc3c(c2)c2ccc(C(=O)N4CCOCC4)cc2n3C(N)=O)CC1. The van der Waals surface area contributed by atoms with Gasteiger partial charge in [-0.05, 0) is 69.4 Å². The smallest absolute Gasteiger partial charge is 0.410 e. The third kappa shape index (κ3) is 5.00. The van der Waals surface area contributed by atoms with E-state index in [0.29, 0.717) is 56.0 Å². The average Bonchev–Trinajstić information content (AvgIpc) is 3.21. The van der Waals surface area contributed by atoms with E-state index in [9.17, 15) is 14.4 Å². The number of likely N-dealkylation sites (tertiary alicyclic amines) is 1. The molecule has 2 aliphatic rings. The fourth-order valence-corrected chi connectivity index (χ4v) is 5.33. The van der Waals surface area contributed by atoms with E-state index in [1.165, 1.54) is 4.57 Å². The van der Waals surface area contributed by atoms with E-state index in [0.717, 1.165) is 29.2 Å². The first-order valence-electron chi connectivity index (χ1n) is 12.9. The number of amides is 3. The summed E-state index contributed by atoms with van der Waals surface area (Å²) in [6, 6.07) is 11.0. The fourth-order valence-electron chi connectivity index (χ4n) is 5.33. The van der Waals surface area contributed by atoms with Crippen LogP contribution in [0.2, 0.25) is 0 Å². The molecule has 2 N–H and O–H groups in total. The minimum absolute atomic E-state index is 0.0797. The van der Waals surface area contributed by atoms with E-state index in [-0.39, 0.29) is 17.9 Å². The molecule has 3 aromatic rings. The molecule has 37 heavy (non-hydrogen) atoms. The van der Waals surface area contributed by atoms with E-state index in [2.05, 4.69) is 6.07 Å². The molecule has 0 bridgehead atoms. The summed E-state index contributed by atoms with van der Waals surface area (Å²) in [5, 5.41) is 1.80. The highest BCUT2D eigenvalue weighted by atomic mass is 16.6. The number of ether oxygens (including phenoxy) is 2. The number of fused-ring (bicyclic) bond motifs is 3. The molecule has 9 nitrogen and oxygen atoms in total. The molecule has 0 spiro atoms. The van der Waals surface area contributed by atoms with E-state index < -0.39 is 11.6 Å². The zero-order chi connectivity index (χ0) is 26.3. The average molecular weight is 507 g/mol. The van der Waals surface area contributed by atoms with E-state index in [1.807, 2.05) is 45.0 Å². The summed E-state index contributed by atoms with van der Waals surface area (Å²) < 4.78 is 12.4. The first-order valence-corrected chi connectivity index (χ1v) is 12.9. The highest BCUT2D eigenvalue weighted by molar-refractivity contribution is 6.14. The molecule has 5 rings (SSSR count). The molecule has 0 radical (unpaired) electrons. The van der Waals surface area contributed by atoms with Crippen molar-refractivity contribution < 1.29 is 23.9 Å². The lowest BCUT2D eigenvalue weighted by atomic mass is 9.88. The van der Waals surface area contributed by atoms with Gasteiger partial charge in [-0.3, -0.25) is 9.36 Å². The molecular weight excluding hydrogens is 472 g/mol. The van der Waals surface area contributed by atoms with Gasteiger partial charge in [-0.2, -0.15) is 0 Å². The number of nitrogens with two attached hydrogens (primary N) is 1. The van der Waals surface area contributed by atoms with E-state index in [4.69, 9.17) is 15.2 Å². The molecule has 0 saturated carbocycles. The van der Waals surface area contributed by atoms with E-state index in [1.54, 1.807) is 15.9 Å². The summed E-state index contributed by atoms with van der Waals surface area (Å²) in [6.07, 6.45) is 1.39. The Labute approximate surface area is 216 Å². The van der Waals surface area contributed by atoms with Crippen molar-refractivity contribution in [2.45, 2.75) is 45.1 Å². The van der Waals surface area contributed by atoms with Crippen molar-refractivity contribution in [3.63, 3.8) is 0 Å². The second-order valence-corrected chi connectivity index (χ2v) is 10.8. The third-order valence-corrected chi connectivity index (χ3v) is 7.17. The van der Waals surface area contributed by atoms with Gasteiger partial charge in [0.15, 0.2) is 0 Å². The molecule has 196 valence electrons. The zero-order valence-electron chi connectivity index (χ0n) is 21.7. The van der Waals surface area contributed by atoms with Crippen molar-refractivity contribution >= 4 is 39.8 Å². The van der Waals surface area contributed by atoms with Gasteiger partial charge < -0.3 is 25.0 Å². The predicted molar refractivity (Wildman–Crippen MR) is 141 cm³/mol. The Balaban J connectivity index is 1.43. The van der Waals surface area contributed by atoms with Gasteiger partial charge in [0.2, 0.25) is 0 Å².